The van der Waals surface area contributed by atoms with E-state index in [0.29, 0.717) is 16.3 Å². The number of carbonyl (C=O) groups excluding carboxylic acids is 1. The maximum atomic E-state index is 12.0. The molecular formula is C12H6BrCl3N2O. The lowest BCUT2D eigenvalue weighted by Crippen LogP contribution is -2.12. The molecule has 0 aliphatic rings. The summed E-state index contributed by atoms with van der Waals surface area (Å²) < 4.78 is 0.825. The third-order valence-corrected chi connectivity index (χ3v) is 3.40. The zero-order valence-corrected chi connectivity index (χ0v) is 13.1. The number of carbonyl (C=O) groups is 1. The van der Waals surface area contributed by atoms with Crippen LogP contribution in [0.2, 0.25) is 15.3 Å². The zero-order valence-electron chi connectivity index (χ0n) is 9.25. The van der Waals surface area contributed by atoms with E-state index in [-0.39, 0.29) is 16.2 Å². The Morgan fingerprint density at radius 3 is 2.32 bits per heavy atom. The van der Waals surface area contributed by atoms with E-state index < -0.39 is 0 Å². The van der Waals surface area contributed by atoms with Gasteiger partial charge in [-0.05, 0) is 30.3 Å². The number of nitrogens with one attached hydrogen (secondary N) is 1. The van der Waals surface area contributed by atoms with Gasteiger partial charge in [0.1, 0.15) is 10.3 Å². The fourth-order valence-electron chi connectivity index (χ4n) is 1.38. The van der Waals surface area contributed by atoms with E-state index in [1.807, 2.05) is 0 Å². The number of anilines is 1. The van der Waals surface area contributed by atoms with Crippen molar-refractivity contribution >= 4 is 62.3 Å². The Labute approximate surface area is 133 Å². The SMILES string of the molecule is O=C(Nc1ccc(Br)cc1Cl)c1cc(Cl)nc(Cl)c1. The average molecular weight is 380 g/mol. The maximum Gasteiger partial charge on any atom is 0.255 e. The molecule has 0 atom stereocenters. The molecule has 1 amide bonds. The average Bonchev–Trinajstić information content (AvgIpc) is 2.31. The van der Waals surface area contributed by atoms with Gasteiger partial charge in [-0.15, -0.1) is 0 Å². The minimum Gasteiger partial charge on any atom is -0.321 e. The lowest BCUT2D eigenvalue weighted by molar-refractivity contribution is 0.102. The van der Waals surface area contributed by atoms with Crippen molar-refractivity contribution in [3.63, 3.8) is 0 Å². The van der Waals surface area contributed by atoms with Gasteiger partial charge in [0, 0.05) is 10.0 Å². The number of aromatic nitrogens is 1. The Balaban J connectivity index is 2.25. The second-order valence-corrected chi connectivity index (χ2v) is 5.68. The first kappa shape index (κ1) is 14.6. The molecule has 0 fully saturated rings. The fraction of sp³-hybridized carbons (Fsp3) is 0. The molecule has 0 radical (unpaired) electrons. The highest BCUT2D eigenvalue weighted by atomic mass is 79.9. The molecule has 0 bridgehead atoms. The molecule has 0 saturated heterocycles. The van der Waals surface area contributed by atoms with Crippen LogP contribution in [-0.4, -0.2) is 10.9 Å². The van der Waals surface area contributed by atoms with E-state index in [4.69, 9.17) is 34.8 Å². The van der Waals surface area contributed by atoms with Crippen molar-refractivity contribution in [1.82, 2.24) is 4.98 Å². The first-order chi connectivity index (χ1) is 8.95. The summed E-state index contributed by atoms with van der Waals surface area (Å²) in [5.74, 6) is -0.365. The predicted molar refractivity (Wildman–Crippen MR) is 81.4 cm³/mol. The van der Waals surface area contributed by atoms with Gasteiger partial charge in [0.2, 0.25) is 0 Å². The highest BCUT2D eigenvalue weighted by molar-refractivity contribution is 9.10. The van der Waals surface area contributed by atoms with Crippen LogP contribution in [0.4, 0.5) is 5.69 Å². The van der Waals surface area contributed by atoms with Crippen LogP contribution in [0.1, 0.15) is 10.4 Å². The summed E-state index contributed by atoms with van der Waals surface area (Å²) in [5.41, 5.74) is 0.808. The Hall–Kier alpha value is -0.810. The number of rotatable bonds is 2. The smallest absolute Gasteiger partial charge is 0.255 e. The highest BCUT2D eigenvalue weighted by Gasteiger charge is 2.11. The summed E-state index contributed by atoms with van der Waals surface area (Å²) >= 11 is 20.8. The number of hydrogen-bond donors (Lipinski definition) is 1. The van der Waals surface area contributed by atoms with Crippen LogP contribution in [0.3, 0.4) is 0 Å². The van der Waals surface area contributed by atoms with Crippen molar-refractivity contribution in [3.05, 3.63) is 55.7 Å². The number of pyridine rings is 1. The van der Waals surface area contributed by atoms with Crippen LogP contribution >= 0.6 is 50.7 Å². The second kappa shape index (κ2) is 6.09. The molecule has 2 aromatic rings. The Kier molecular flexibility index (Phi) is 4.68. The molecule has 19 heavy (non-hydrogen) atoms. The molecule has 1 aromatic carbocycles. The van der Waals surface area contributed by atoms with Crippen LogP contribution in [-0.2, 0) is 0 Å². The summed E-state index contributed by atoms with van der Waals surface area (Å²) in [7, 11) is 0. The molecule has 0 aliphatic carbocycles. The number of amides is 1. The van der Waals surface area contributed by atoms with Gasteiger partial charge >= 0.3 is 0 Å². The van der Waals surface area contributed by atoms with Gasteiger partial charge in [-0.1, -0.05) is 50.7 Å². The Bertz CT molecular complexity index is 629. The van der Waals surface area contributed by atoms with Crippen LogP contribution in [0.15, 0.2) is 34.8 Å². The predicted octanol–water partition coefficient (Wildman–Crippen LogP) is 5.06. The second-order valence-electron chi connectivity index (χ2n) is 3.58. The van der Waals surface area contributed by atoms with Crippen molar-refractivity contribution in [2.45, 2.75) is 0 Å². The summed E-state index contributed by atoms with van der Waals surface area (Å²) in [5, 5.41) is 3.40. The zero-order chi connectivity index (χ0) is 14.0. The first-order valence-corrected chi connectivity index (χ1v) is 6.98. The summed E-state index contributed by atoms with van der Waals surface area (Å²) in [6, 6.07) is 8.00. The number of nitrogens with zero attached hydrogens (tertiary/aromatic N) is 1. The van der Waals surface area contributed by atoms with Crippen LogP contribution < -0.4 is 5.32 Å². The van der Waals surface area contributed by atoms with Gasteiger partial charge in [-0.3, -0.25) is 4.79 Å². The Morgan fingerprint density at radius 1 is 1.11 bits per heavy atom. The van der Waals surface area contributed by atoms with E-state index in [9.17, 15) is 4.79 Å². The topological polar surface area (TPSA) is 42.0 Å². The summed E-state index contributed by atoms with van der Waals surface area (Å²) in [6.07, 6.45) is 0. The number of halogens is 4. The van der Waals surface area contributed by atoms with Gasteiger partial charge < -0.3 is 5.32 Å². The van der Waals surface area contributed by atoms with Gasteiger partial charge in [0.25, 0.3) is 5.91 Å². The molecule has 1 N–H and O–H groups in total. The standard InChI is InChI=1S/C12H6BrCl3N2O/c13-7-1-2-9(8(14)5-7)17-12(19)6-3-10(15)18-11(16)4-6/h1-5H,(H,17,19). The van der Waals surface area contributed by atoms with Crippen LogP contribution in [0.25, 0.3) is 0 Å². The van der Waals surface area contributed by atoms with Crippen molar-refractivity contribution in [1.29, 1.82) is 0 Å². The van der Waals surface area contributed by atoms with E-state index in [0.717, 1.165) is 4.47 Å². The Morgan fingerprint density at radius 2 is 1.74 bits per heavy atom. The van der Waals surface area contributed by atoms with Gasteiger partial charge in [0.15, 0.2) is 0 Å². The van der Waals surface area contributed by atoms with Crippen molar-refractivity contribution in [3.8, 4) is 0 Å². The van der Waals surface area contributed by atoms with Gasteiger partial charge in [-0.25, -0.2) is 4.98 Å². The minimum atomic E-state index is -0.365. The maximum absolute atomic E-state index is 12.0. The summed E-state index contributed by atoms with van der Waals surface area (Å²) in [6.45, 7) is 0. The minimum absolute atomic E-state index is 0.152. The third-order valence-electron chi connectivity index (χ3n) is 2.20. The molecule has 0 saturated carbocycles. The molecule has 98 valence electrons. The molecular weight excluding hydrogens is 374 g/mol. The monoisotopic (exact) mass is 378 g/mol. The van der Waals surface area contributed by atoms with Crippen LogP contribution in [0, 0.1) is 0 Å². The normalized spacial score (nSPS) is 10.3. The molecule has 0 spiro atoms. The largest absolute Gasteiger partial charge is 0.321 e. The van der Waals surface area contributed by atoms with Gasteiger partial charge in [0.05, 0.1) is 10.7 Å². The quantitative estimate of drug-likeness (QED) is 0.740. The van der Waals surface area contributed by atoms with Crippen molar-refractivity contribution in [2.24, 2.45) is 0 Å². The van der Waals surface area contributed by atoms with E-state index in [1.165, 1.54) is 12.1 Å². The van der Waals surface area contributed by atoms with E-state index >= 15 is 0 Å². The number of benzene rings is 1. The molecule has 2 rings (SSSR count). The molecule has 1 heterocycles. The highest BCUT2D eigenvalue weighted by Crippen LogP contribution is 2.26. The first-order valence-electron chi connectivity index (χ1n) is 5.05. The van der Waals surface area contributed by atoms with E-state index in [1.54, 1.807) is 18.2 Å². The molecule has 1 aromatic heterocycles. The van der Waals surface area contributed by atoms with Crippen molar-refractivity contribution in [2.75, 3.05) is 5.32 Å². The van der Waals surface area contributed by atoms with Crippen molar-refractivity contribution < 1.29 is 4.79 Å². The molecule has 7 heteroatoms. The molecule has 0 unspecified atom stereocenters. The lowest BCUT2D eigenvalue weighted by atomic mass is 10.2. The lowest BCUT2D eigenvalue weighted by Gasteiger charge is -2.08. The van der Waals surface area contributed by atoms with Crippen LogP contribution in [0.5, 0.6) is 0 Å². The molecule has 0 aliphatic heterocycles. The summed E-state index contributed by atoms with van der Waals surface area (Å²) in [4.78, 5) is 15.8. The molecule has 3 nitrogen and oxygen atoms in total. The third kappa shape index (κ3) is 3.83. The van der Waals surface area contributed by atoms with Gasteiger partial charge in [-0.2, -0.15) is 0 Å². The van der Waals surface area contributed by atoms with E-state index in [2.05, 4.69) is 26.2 Å². The number of hydrogen-bond acceptors (Lipinski definition) is 2. The fourth-order valence-corrected chi connectivity index (χ4v) is 2.56.